The molecule has 1 aliphatic heterocycles. The molecule has 0 unspecified atom stereocenters. The van der Waals surface area contributed by atoms with E-state index in [4.69, 9.17) is 21.1 Å². The molecule has 0 fully saturated rings. The van der Waals surface area contributed by atoms with Crippen molar-refractivity contribution in [2.24, 2.45) is 0 Å². The lowest BCUT2D eigenvalue weighted by Gasteiger charge is -2.37. The number of ketones is 1. The van der Waals surface area contributed by atoms with Crippen LogP contribution in [0.4, 0.5) is 0 Å². The number of carbonyl (C=O) groups is 2. The average Bonchev–Trinajstić information content (AvgIpc) is 2.88. The molecule has 0 amide bonds. The highest BCUT2D eigenvalue weighted by Gasteiger charge is 2.42. The third-order valence-electron chi connectivity index (χ3n) is 6.74. The highest BCUT2D eigenvalue weighted by atomic mass is 79.9. The van der Waals surface area contributed by atoms with E-state index in [0.717, 1.165) is 17.0 Å². The molecule has 9 heteroatoms. The van der Waals surface area contributed by atoms with Gasteiger partial charge in [0.25, 0.3) is 0 Å². The second-order valence-corrected chi connectivity index (χ2v) is 11.9. The first-order chi connectivity index (χ1) is 18.2. The second-order valence-electron chi connectivity index (χ2n) is 9.18. The molecule has 4 rings (SSSR count). The summed E-state index contributed by atoms with van der Waals surface area (Å²) in [6.45, 7) is 6.35. The quantitative estimate of drug-likeness (QED) is 0.234. The minimum absolute atomic E-state index is 0.00965. The lowest BCUT2D eigenvalue weighted by Crippen LogP contribution is -2.36. The number of aromatic hydroxyl groups is 1. The zero-order valence-corrected chi connectivity index (χ0v) is 24.8. The number of ether oxygens (including phenoxy) is 2. The van der Waals surface area contributed by atoms with E-state index in [1.165, 1.54) is 0 Å². The Hall–Kier alpha value is -2.42. The van der Waals surface area contributed by atoms with Gasteiger partial charge in [0.1, 0.15) is 6.61 Å². The molecule has 2 atom stereocenters. The molecule has 2 aliphatic rings. The van der Waals surface area contributed by atoms with Gasteiger partial charge >= 0.3 is 5.97 Å². The van der Waals surface area contributed by atoms with Crippen LogP contribution in [0.25, 0.3) is 0 Å². The van der Waals surface area contributed by atoms with E-state index in [-0.39, 0.29) is 29.8 Å². The van der Waals surface area contributed by atoms with Crippen LogP contribution in [0.15, 0.2) is 63.4 Å². The molecule has 2 N–H and O–H groups in total. The lowest BCUT2D eigenvalue weighted by atomic mass is 9.71. The highest BCUT2D eigenvalue weighted by Crippen LogP contribution is 2.48. The van der Waals surface area contributed by atoms with E-state index in [1.54, 1.807) is 23.9 Å². The van der Waals surface area contributed by atoms with Gasteiger partial charge in [-0.05, 0) is 83.3 Å². The Bertz CT molecular complexity index is 1290. The summed E-state index contributed by atoms with van der Waals surface area (Å²) < 4.78 is 11.7. The van der Waals surface area contributed by atoms with E-state index >= 15 is 0 Å². The van der Waals surface area contributed by atoms with Crippen LogP contribution in [-0.2, 0) is 14.3 Å². The van der Waals surface area contributed by atoms with Crippen molar-refractivity contribution in [2.45, 2.75) is 45.4 Å². The van der Waals surface area contributed by atoms with Crippen LogP contribution < -0.4 is 10.1 Å². The number of dihydropyridines is 1. The summed E-state index contributed by atoms with van der Waals surface area (Å²) in [4.78, 5) is 27.3. The summed E-state index contributed by atoms with van der Waals surface area (Å²) in [7, 11) is 0. The summed E-state index contributed by atoms with van der Waals surface area (Å²) in [5, 5.41) is 14.6. The Morgan fingerprint density at radius 1 is 1.18 bits per heavy atom. The highest BCUT2D eigenvalue weighted by molar-refractivity contribution is 9.10. The van der Waals surface area contributed by atoms with Gasteiger partial charge in [-0.1, -0.05) is 30.7 Å². The van der Waals surface area contributed by atoms with E-state index < -0.39 is 11.9 Å². The van der Waals surface area contributed by atoms with Crippen LogP contribution in [-0.4, -0.2) is 41.6 Å². The lowest BCUT2D eigenvalue weighted by molar-refractivity contribution is -0.138. The molecule has 1 heterocycles. The number of hydrogen-bond donors (Lipinski definition) is 2. The molecule has 0 radical (unpaired) electrons. The molecule has 202 valence electrons. The van der Waals surface area contributed by atoms with E-state index in [2.05, 4.69) is 28.2 Å². The minimum Gasteiger partial charge on any atom is -0.503 e. The fourth-order valence-corrected chi connectivity index (χ4v) is 6.13. The van der Waals surface area contributed by atoms with Gasteiger partial charge in [-0.3, -0.25) is 4.79 Å². The maximum absolute atomic E-state index is 13.8. The maximum Gasteiger partial charge on any atom is 0.336 e. The third kappa shape index (κ3) is 6.08. The van der Waals surface area contributed by atoms with Gasteiger partial charge in [-0.15, -0.1) is 0 Å². The van der Waals surface area contributed by atoms with Gasteiger partial charge in [0, 0.05) is 40.1 Å². The van der Waals surface area contributed by atoms with Gasteiger partial charge < -0.3 is 19.9 Å². The van der Waals surface area contributed by atoms with Crippen molar-refractivity contribution in [3.05, 3.63) is 79.6 Å². The van der Waals surface area contributed by atoms with Crippen LogP contribution in [0, 0.1) is 0 Å². The molecule has 0 saturated heterocycles. The molecule has 2 aromatic carbocycles. The standard InChI is InChI=1S/C29H31BrClNO5S/c1-4-36-24-15-19(12-21(30)28(24)34)26-25(29(35)37-10-11-38-5-2)16(3)32-22-13-18(14-23(33)27(22)26)17-6-8-20(31)9-7-17/h6-9,12,15,18,26,32,34H,4-5,10-11,13-14H2,1-3H3/t18-,26+/m1/s1. The number of halogens is 2. The number of phenolic OH excluding ortho intramolecular Hbond substituents is 1. The number of benzene rings is 2. The van der Waals surface area contributed by atoms with Crippen molar-refractivity contribution in [1.29, 1.82) is 0 Å². The van der Waals surface area contributed by atoms with Gasteiger partial charge in [0.05, 0.1) is 16.7 Å². The van der Waals surface area contributed by atoms with Crippen molar-refractivity contribution >= 4 is 51.0 Å². The summed E-state index contributed by atoms with van der Waals surface area (Å²) in [6, 6.07) is 11.0. The molecule has 0 bridgehead atoms. The van der Waals surface area contributed by atoms with Crippen LogP contribution in [0.2, 0.25) is 5.02 Å². The smallest absolute Gasteiger partial charge is 0.336 e. The molecule has 0 spiro atoms. The Kier molecular flexibility index (Phi) is 9.50. The average molecular weight is 621 g/mol. The van der Waals surface area contributed by atoms with E-state index in [9.17, 15) is 14.7 Å². The number of allylic oxidation sites excluding steroid dienone is 3. The normalized spacial score (nSPS) is 19.2. The number of nitrogens with one attached hydrogen (secondary N) is 1. The summed E-state index contributed by atoms with van der Waals surface area (Å²) in [6.07, 6.45) is 0.925. The number of esters is 1. The molecule has 0 aromatic heterocycles. The van der Waals surface area contributed by atoms with Crippen LogP contribution in [0.3, 0.4) is 0 Å². The summed E-state index contributed by atoms with van der Waals surface area (Å²) in [5.74, 6) is 0.717. The minimum atomic E-state index is -0.660. The van der Waals surface area contributed by atoms with Crippen molar-refractivity contribution < 1.29 is 24.2 Å². The molecule has 1 aliphatic carbocycles. The largest absolute Gasteiger partial charge is 0.503 e. The molecule has 0 saturated carbocycles. The third-order valence-corrected chi connectivity index (χ3v) is 8.46. The number of hydrogen-bond acceptors (Lipinski definition) is 7. The van der Waals surface area contributed by atoms with Crippen molar-refractivity contribution in [3.8, 4) is 11.5 Å². The Labute approximate surface area is 240 Å². The number of phenols is 1. The van der Waals surface area contributed by atoms with Gasteiger partial charge in [-0.2, -0.15) is 11.8 Å². The first-order valence-corrected chi connectivity index (χ1v) is 15.0. The zero-order chi connectivity index (χ0) is 27.4. The maximum atomic E-state index is 13.8. The van der Waals surface area contributed by atoms with Gasteiger partial charge in [0.15, 0.2) is 17.3 Å². The molecular formula is C29H31BrClNO5S. The predicted molar refractivity (Wildman–Crippen MR) is 155 cm³/mol. The number of Topliss-reactive ketones (excluding diaryl/α,β-unsaturated/α-hetero) is 1. The first kappa shape index (κ1) is 28.6. The second kappa shape index (κ2) is 12.6. The van der Waals surface area contributed by atoms with Gasteiger partial charge in [-0.25, -0.2) is 4.79 Å². The number of thioether (sulfide) groups is 1. The molecule has 6 nitrogen and oxygen atoms in total. The molecular weight excluding hydrogens is 590 g/mol. The van der Waals surface area contributed by atoms with Crippen molar-refractivity contribution in [3.63, 3.8) is 0 Å². The predicted octanol–water partition coefficient (Wildman–Crippen LogP) is 6.86. The topological polar surface area (TPSA) is 84.9 Å². The van der Waals surface area contributed by atoms with E-state index in [0.29, 0.717) is 57.1 Å². The molecule has 38 heavy (non-hydrogen) atoms. The Balaban J connectivity index is 1.78. The number of rotatable bonds is 9. The SMILES string of the molecule is CCOc1cc([C@H]2C(C(=O)OCCSCC)=C(C)NC3=C2C(=O)C[C@H](c2ccc(Cl)cc2)C3)cc(Br)c1O. The van der Waals surface area contributed by atoms with Crippen LogP contribution in [0.1, 0.15) is 56.6 Å². The van der Waals surface area contributed by atoms with Crippen molar-refractivity contribution in [2.75, 3.05) is 24.7 Å². The van der Waals surface area contributed by atoms with Crippen LogP contribution in [0.5, 0.6) is 11.5 Å². The van der Waals surface area contributed by atoms with Crippen molar-refractivity contribution in [1.82, 2.24) is 5.32 Å². The monoisotopic (exact) mass is 619 g/mol. The summed E-state index contributed by atoms with van der Waals surface area (Å²) >= 11 is 11.2. The fraction of sp³-hybridized carbons (Fsp3) is 0.379. The Morgan fingerprint density at radius 3 is 2.61 bits per heavy atom. The Morgan fingerprint density at radius 2 is 1.92 bits per heavy atom. The van der Waals surface area contributed by atoms with Gasteiger partial charge in [0.2, 0.25) is 0 Å². The molecule has 2 aromatic rings. The summed E-state index contributed by atoms with van der Waals surface area (Å²) in [5.41, 5.74) is 4.09. The number of carbonyl (C=O) groups excluding carboxylic acids is 2. The fourth-order valence-electron chi connectivity index (χ4n) is 5.05. The first-order valence-electron chi connectivity index (χ1n) is 12.6. The van der Waals surface area contributed by atoms with Crippen LogP contribution >= 0.6 is 39.3 Å². The van der Waals surface area contributed by atoms with E-state index in [1.807, 2.05) is 38.1 Å². The zero-order valence-electron chi connectivity index (χ0n) is 21.6.